The molecule has 0 aliphatic heterocycles. The molecule has 0 bridgehead atoms. The van der Waals surface area contributed by atoms with E-state index in [1.54, 1.807) is 0 Å². The molecule has 0 atom stereocenters. The maximum atomic E-state index is 5.82. The summed E-state index contributed by atoms with van der Waals surface area (Å²) >= 11 is 5.11. The Hall–Kier alpha value is -1.50. The third kappa shape index (κ3) is 5.78. The van der Waals surface area contributed by atoms with Gasteiger partial charge in [-0.15, -0.1) is 0 Å². The van der Waals surface area contributed by atoms with Crippen LogP contribution in [0.2, 0.25) is 0 Å². The molecule has 1 aromatic rings. The second-order valence-electron chi connectivity index (χ2n) is 3.58. The summed E-state index contributed by atoms with van der Waals surface area (Å²) in [5.74, 6) is 0.206. The fraction of sp³-hybridized carbons (Fsp3) is 0.385. The van der Waals surface area contributed by atoms with Crippen molar-refractivity contribution in [3.05, 3.63) is 30.3 Å². The van der Waals surface area contributed by atoms with E-state index in [2.05, 4.69) is 10.3 Å². The van der Waals surface area contributed by atoms with E-state index in [9.17, 15) is 0 Å². The number of thiocarbonyl (C=S) groups is 1. The van der Waals surface area contributed by atoms with Gasteiger partial charge < -0.3 is 20.5 Å². The number of ether oxygens (including phenoxy) is 2. The second kappa shape index (κ2) is 8.58. The highest BCUT2D eigenvalue weighted by Crippen LogP contribution is 2.06. The lowest BCUT2D eigenvalue weighted by atomic mass is 10.3. The monoisotopic (exact) mass is 281 g/mol. The van der Waals surface area contributed by atoms with Gasteiger partial charge in [-0.3, -0.25) is 0 Å². The van der Waals surface area contributed by atoms with Crippen LogP contribution in [-0.4, -0.2) is 30.5 Å². The Balaban J connectivity index is 2.63. The first-order valence-corrected chi connectivity index (χ1v) is 6.51. The maximum absolute atomic E-state index is 5.82. The molecule has 104 valence electrons. The largest absolute Gasteiger partial charge is 0.383 e. The van der Waals surface area contributed by atoms with Crippen molar-refractivity contribution in [2.24, 2.45) is 10.7 Å². The van der Waals surface area contributed by atoms with Crippen LogP contribution in [0.3, 0.4) is 0 Å². The van der Waals surface area contributed by atoms with E-state index in [4.69, 9.17) is 27.4 Å². The molecule has 6 heteroatoms. The summed E-state index contributed by atoms with van der Waals surface area (Å²) in [6.07, 6.45) is -0.662. The van der Waals surface area contributed by atoms with E-state index in [-0.39, 0.29) is 10.9 Å². The van der Waals surface area contributed by atoms with Gasteiger partial charge in [-0.05, 0) is 38.2 Å². The van der Waals surface area contributed by atoms with Crippen molar-refractivity contribution < 1.29 is 9.47 Å². The van der Waals surface area contributed by atoms with Crippen LogP contribution in [0.4, 0.5) is 5.69 Å². The topological polar surface area (TPSA) is 68.9 Å². The number of nitrogens with one attached hydrogen (secondary N) is 1. The SMILES string of the molecule is CCOC(OCC)/C(N)=N/C(=S)Nc1ccccc1. The van der Waals surface area contributed by atoms with E-state index >= 15 is 0 Å². The maximum Gasteiger partial charge on any atom is 0.216 e. The molecule has 0 amide bonds. The van der Waals surface area contributed by atoms with Crippen LogP contribution in [0.25, 0.3) is 0 Å². The number of hydrogen-bond acceptors (Lipinski definition) is 3. The lowest BCUT2D eigenvalue weighted by molar-refractivity contribution is -0.0905. The van der Waals surface area contributed by atoms with Crippen molar-refractivity contribution in [2.75, 3.05) is 18.5 Å². The number of hydrogen-bond donors (Lipinski definition) is 2. The molecule has 1 rings (SSSR count). The molecule has 0 aliphatic carbocycles. The van der Waals surface area contributed by atoms with Crippen LogP contribution < -0.4 is 11.1 Å². The summed E-state index contributed by atoms with van der Waals surface area (Å²) in [7, 11) is 0. The van der Waals surface area contributed by atoms with Gasteiger partial charge in [-0.1, -0.05) is 18.2 Å². The zero-order valence-electron chi connectivity index (χ0n) is 11.1. The van der Waals surface area contributed by atoms with Crippen LogP contribution in [0, 0.1) is 0 Å². The van der Waals surface area contributed by atoms with Crippen molar-refractivity contribution in [1.29, 1.82) is 0 Å². The first-order chi connectivity index (χ1) is 9.17. The van der Waals surface area contributed by atoms with Gasteiger partial charge in [0, 0.05) is 18.9 Å². The number of anilines is 1. The minimum Gasteiger partial charge on any atom is -0.383 e. The highest BCUT2D eigenvalue weighted by atomic mass is 32.1. The van der Waals surface area contributed by atoms with Crippen molar-refractivity contribution in [1.82, 2.24) is 0 Å². The molecule has 19 heavy (non-hydrogen) atoms. The lowest BCUT2D eigenvalue weighted by Crippen LogP contribution is -2.35. The second-order valence-corrected chi connectivity index (χ2v) is 3.96. The standard InChI is InChI=1S/C13H19N3O2S/c1-3-17-12(18-4-2)11(14)16-13(19)15-10-8-6-5-7-9-10/h5-9,12H,3-4H2,1-2H3,(H3,14,15,16,19). The van der Waals surface area contributed by atoms with Gasteiger partial charge in [0.05, 0.1) is 0 Å². The van der Waals surface area contributed by atoms with Gasteiger partial charge >= 0.3 is 0 Å². The zero-order chi connectivity index (χ0) is 14.1. The van der Waals surface area contributed by atoms with Crippen LogP contribution in [-0.2, 0) is 9.47 Å². The highest BCUT2D eigenvalue weighted by molar-refractivity contribution is 7.80. The summed E-state index contributed by atoms with van der Waals surface area (Å²) in [5, 5.41) is 3.24. The quantitative estimate of drug-likeness (QED) is 0.362. The smallest absolute Gasteiger partial charge is 0.216 e. The molecular weight excluding hydrogens is 262 g/mol. The molecule has 3 N–H and O–H groups in total. The lowest BCUT2D eigenvalue weighted by Gasteiger charge is -2.16. The Morgan fingerprint density at radius 1 is 1.26 bits per heavy atom. The Morgan fingerprint density at radius 2 is 1.84 bits per heavy atom. The van der Waals surface area contributed by atoms with Crippen LogP contribution in [0.15, 0.2) is 35.3 Å². The van der Waals surface area contributed by atoms with Crippen molar-refractivity contribution in [2.45, 2.75) is 20.1 Å². The molecule has 0 saturated carbocycles. The van der Waals surface area contributed by atoms with E-state index in [0.717, 1.165) is 5.69 Å². The number of nitrogens with zero attached hydrogens (tertiary/aromatic N) is 1. The molecule has 1 aromatic carbocycles. The predicted molar refractivity (Wildman–Crippen MR) is 81.3 cm³/mol. The first-order valence-electron chi connectivity index (χ1n) is 6.10. The molecule has 0 heterocycles. The normalized spacial score (nSPS) is 11.6. The zero-order valence-corrected chi connectivity index (χ0v) is 11.9. The Bertz CT molecular complexity index is 417. The fourth-order valence-electron chi connectivity index (χ4n) is 1.36. The van der Waals surface area contributed by atoms with Crippen LogP contribution >= 0.6 is 12.2 Å². The van der Waals surface area contributed by atoms with Gasteiger partial charge in [0.15, 0.2) is 10.9 Å². The number of rotatable bonds is 6. The van der Waals surface area contributed by atoms with Gasteiger partial charge in [0.2, 0.25) is 6.29 Å². The average Bonchev–Trinajstić information content (AvgIpc) is 2.39. The third-order valence-corrected chi connectivity index (χ3v) is 2.33. The molecule has 0 aliphatic rings. The summed E-state index contributed by atoms with van der Waals surface area (Å²) in [6, 6.07) is 9.51. The Morgan fingerprint density at radius 3 is 2.37 bits per heavy atom. The minimum absolute atomic E-state index is 0.206. The van der Waals surface area contributed by atoms with Crippen molar-refractivity contribution in [3.63, 3.8) is 0 Å². The van der Waals surface area contributed by atoms with Gasteiger partial charge in [-0.2, -0.15) is 0 Å². The third-order valence-electron chi connectivity index (χ3n) is 2.13. The van der Waals surface area contributed by atoms with Crippen LogP contribution in [0.5, 0.6) is 0 Å². The van der Waals surface area contributed by atoms with E-state index in [1.807, 2.05) is 44.2 Å². The summed E-state index contributed by atoms with van der Waals surface area (Å²) in [4.78, 5) is 4.07. The number of para-hydroxylation sites is 1. The van der Waals surface area contributed by atoms with Gasteiger partial charge in [-0.25, -0.2) is 4.99 Å². The number of amidine groups is 1. The highest BCUT2D eigenvalue weighted by Gasteiger charge is 2.13. The van der Waals surface area contributed by atoms with E-state index < -0.39 is 6.29 Å². The number of benzene rings is 1. The van der Waals surface area contributed by atoms with Crippen molar-refractivity contribution in [3.8, 4) is 0 Å². The summed E-state index contributed by atoms with van der Waals surface area (Å²) < 4.78 is 10.7. The molecule has 5 nitrogen and oxygen atoms in total. The van der Waals surface area contributed by atoms with Crippen molar-refractivity contribution >= 4 is 28.9 Å². The fourth-order valence-corrected chi connectivity index (χ4v) is 1.59. The molecule has 0 spiro atoms. The minimum atomic E-state index is -0.662. The number of aliphatic imine (C=N–C) groups is 1. The summed E-state index contributed by atoms with van der Waals surface area (Å²) in [6.45, 7) is 4.69. The van der Waals surface area contributed by atoms with Crippen LogP contribution in [0.1, 0.15) is 13.8 Å². The molecular formula is C13H19N3O2S. The van der Waals surface area contributed by atoms with E-state index in [0.29, 0.717) is 13.2 Å². The first kappa shape index (κ1) is 15.6. The summed E-state index contributed by atoms with van der Waals surface area (Å²) in [5.41, 5.74) is 6.67. The molecule has 0 unspecified atom stereocenters. The van der Waals surface area contributed by atoms with E-state index in [1.165, 1.54) is 0 Å². The average molecular weight is 281 g/mol. The molecule has 0 radical (unpaired) electrons. The van der Waals surface area contributed by atoms with Gasteiger partial charge in [0.25, 0.3) is 0 Å². The number of nitrogens with two attached hydrogens (primary N) is 1. The van der Waals surface area contributed by atoms with Gasteiger partial charge in [0.1, 0.15) is 0 Å². The molecule has 0 aromatic heterocycles. The molecule has 0 saturated heterocycles. The Kier molecular flexibility index (Phi) is 7.02. The predicted octanol–water partition coefficient (Wildman–Crippen LogP) is 2.14. The Labute approximate surface area is 118 Å². The molecule has 0 fully saturated rings.